The molecule has 1 aromatic rings. The fourth-order valence-electron chi connectivity index (χ4n) is 3.24. The van der Waals surface area contributed by atoms with E-state index in [0.29, 0.717) is 6.54 Å². The molecule has 110 valence electrons. The van der Waals surface area contributed by atoms with E-state index in [9.17, 15) is 4.79 Å². The highest BCUT2D eigenvalue weighted by Crippen LogP contribution is 2.37. The number of likely N-dealkylation sites (tertiary alicyclic amines) is 1. The van der Waals surface area contributed by atoms with Crippen LogP contribution in [0, 0.1) is 6.92 Å². The van der Waals surface area contributed by atoms with Gasteiger partial charge in [0.05, 0.1) is 23.4 Å². The van der Waals surface area contributed by atoms with Crippen molar-refractivity contribution in [1.29, 1.82) is 0 Å². The summed E-state index contributed by atoms with van der Waals surface area (Å²) >= 11 is 1.41. The smallest absolute Gasteiger partial charge is 0.265 e. The van der Waals surface area contributed by atoms with Gasteiger partial charge < -0.3 is 14.4 Å². The van der Waals surface area contributed by atoms with Crippen molar-refractivity contribution in [2.45, 2.75) is 37.9 Å². The van der Waals surface area contributed by atoms with Gasteiger partial charge in [0.2, 0.25) is 0 Å². The minimum atomic E-state index is -0.172. The van der Waals surface area contributed by atoms with Gasteiger partial charge in [0, 0.05) is 20.3 Å². The normalized spacial score (nSPS) is 30.1. The van der Waals surface area contributed by atoms with Gasteiger partial charge in [-0.05, 0) is 26.2 Å². The van der Waals surface area contributed by atoms with Crippen LogP contribution in [0.15, 0.2) is 5.51 Å². The number of carbonyl (C=O) groups excluding carboxylic acids is 1. The highest BCUT2D eigenvalue weighted by Gasteiger charge is 2.47. The second-order valence-corrected chi connectivity index (χ2v) is 6.36. The van der Waals surface area contributed by atoms with E-state index in [1.165, 1.54) is 11.3 Å². The van der Waals surface area contributed by atoms with E-state index < -0.39 is 0 Å². The van der Waals surface area contributed by atoms with Gasteiger partial charge >= 0.3 is 0 Å². The first-order valence-electron chi connectivity index (χ1n) is 7.02. The number of thiazole rings is 1. The highest BCUT2D eigenvalue weighted by atomic mass is 32.1. The monoisotopic (exact) mass is 296 g/mol. The average molecular weight is 296 g/mol. The molecule has 3 rings (SSSR count). The topological polar surface area (TPSA) is 51.7 Å². The van der Waals surface area contributed by atoms with Gasteiger partial charge in [0.25, 0.3) is 5.91 Å². The summed E-state index contributed by atoms with van der Waals surface area (Å²) in [5.74, 6) is 0.0693. The lowest BCUT2D eigenvalue weighted by Crippen LogP contribution is -2.57. The quantitative estimate of drug-likeness (QED) is 0.836. The number of ether oxygens (including phenoxy) is 2. The molecule has 5 nitrogen and oxygen atoms in total. The molecule has 0 aromatic carbocycles. The van der Waals surface area contributed by atoms with E-state index in [4.69, 9.17) is 9.47 Å². The molecular formula is C14H20N2O3S. The third kappa shape index (κ3) is 2.25. The van der Waals surface area contributed by atoms with Gasteiger partial charge in [-0.2, -0.15) is 0 Å². The van der Waals surface area contributed by atoms with E-state index in [1.807, 2.05) is 11.8 Å². The summed E-state index contributed by atoms with van der Waals surface area (Å²) in [6.07, 6.45) is 2.94. The summed E-state index contributed by atoms with van der Waals surface area (Å²) in [5, 5.41) is 0. The molecule has 1 aromatic heterocycles. The van der Waals surface area contributed by atoms with Crippen LogP contribution in [-0.2, 0) is 9.47 Å². The zero-order valence-corrected chi connectivity index (χ0v) is 12.7. The Balaban J connectivity index is 1.75. The van der Waals surface area contributed by atoms with Gasteiger partial charge in [0.1, 0.15) is 11.0 Å². The highest BCUT2D eigenvalue weighted by molar-refractivity contribution is 7.11. The SMILES string of the molecule is CO[C@H]1CN(C(=O)c2scnc2C)CC[C@@]12CCCO2. The van der Waals surface area contributed by atoms with Crippen LogP contribution < -0.4 is 0 Å². The average Bonchev–Trinajstić information content (AvgIpc) is 3.08. The summed E-state index contributed by atoms with van der Waals surface area (Å²) in [6.45, 7) is 4.02. The zero-order valence-electron chi connectivity index (χ0n) is 11.9. The van der Waals surface area contributed by atoms with E-state index in [2.05, 4.69) is 4.98 Å². The van der Waals surface area contributed by atoms with Crippen molar-refractivity contribution in [3.8, 4) is 0 Å². The summed E-state index contributed by atoms with van der Waals surface area (Å²) in [7, 11) is 1.71. The molecule has 0 unspecified atom stereocenters. The first-order chi connectivity index (χ1) is 9.66. The van der Waals surface area contributed by atoms with Crippen molar-refractivity contribution in [1.82, 2.24) is 9.88 Å². The number of carbonyl (C=O) groups is 1. The summed E-state index contributed by atoms with van der Waals surface area (Å²) in [5.41, 5.74) is 2.36. The minimum Gasteiger partial charge on any atom is -0.377 e. The first kappa shape index (κ1) is 14.0. The number of aryl methyl sites for hydroxylation is 1. The Labute approximate surface area is 122 Å². The lowest BCUT2D eigenvalue weighted by atomic mass is 9.85. The Morgan fingerprint density at radius 1 is 1.60 bits per heavy atom. The molecule has 0 bridgehead atoms. The van der Waals surface area contributed by atoms with Crippen LogP contribution in [0.3, 0.4) is 0 Å². The minimum absolute atomic E-state index is 0.0315. The molecule has 2 atom stereocenters. The largest absolute Gasteiger partial charge is 0.377 e. The summed E-state index contributed by atoms with van der Waals surface area (Å²) in [4.78, 5) is 19.3. The molecule has 1 spiro atoms. The van der Waals surface area contributed by atoms with Gasteiger partial charge in [0.15, 0.2) is 0 Å². The number of amides is 1. The number of aromatic nitrogens is 1. The van der Waals surface area contributed by atoms with Crippen molar-refractivity contribution in [3.63, 3.8) is 0 Å². The Morgan fingerprint density at radius 3 is 3.05 bits per heavy atom. The number of rotatable bonds is 2. The van der Waals surface area contributed by atoms with Crippen LogP contribution in [0.2, 0.25) is 0 Å². The Bertz CT molecular complexity index is 496. The molecule has 2 aliphatic rings. The van der Waals surface area contributed by atoms with E-state index in [-0.39, 0.29) is 17.6 Å². The maximum atomic E-state index is 12.5. The van der Waals surface area contributed by atoms with Crippen LogP contribution in [0.5, 0.6) is 0 Å². The van der Waals surface area contributed by atoms with Gasteiger partial charge in [-0.3, -0.25) is 4.79 Å². The van der Waals surface area contributed by atoms with Crippen LogP contribution in [-0.4, -0.2) is 54.3 Å². The van der Waals surface area contributed by atoms with Crippen molar-refractivity contribution in [2.24, 2.45) is 0 Å². The van der Waals surface area contributed by atoms with Crippen molar-refractivity contribution in [3.05, 3.63) is 16.1 Å². The van der Waals surface area contributed by atoms with Crippen LogP contribution in [0.4, 0.5) is 0 Å². The second kappa shape index (κ2) is 5.42. The Kier molecular flexibility index (Phi) is 3.79. The fourth-order valence-corrected chi connectivity index (χ4v) is 4.01. The van der Waals surface area contributed by atoms with Crippen LogP contribution >= 0.6 is 11.3 Å². The Hall–Kier alpha value is -0.980. The van der Waals surface area contributed by atoms with E-state index in [1.54, 1.807) is 12.6 Å². The van der Waals surface area contributed by atoms with E-state index in [0.717, 1.165) is 43.0 Å². The van der Waals surface area contributed by atoms with Crippen LogP contribution in [0.1, 0.15) is 34.6 Å². The molecule has 3 heterocycles. The molecule has 0 N–H and O–H groups in total. The first-order valence-corrected chi connectivity index (χ1v) is 7.90. The van der Waals surface area contributed by atoms with E-state index >= 15 is 0 Å². The molecular weight excluding hydrogens is 276 g/mol. The molecule has 0 aliphatic carbocycles. The molecule has 0 radical (unpaired) electrons. The molecule has 2 fully saturated rings. The Morgan fingerprint density at radius 2 is 2.45 bits per heavy atom. The summed E-state index contributed by atoms with van der Waals surface area (Å²) < 4.78 is 11.6. The molecule has 2 saturated heterocycles. The summed E-state index contributed by atoms with van der Waals surface area (Å²) in [6, 6.07) is 0. The van der Waals surface area contributed by atoms with Crippen molar-refractivity contribution in [2.75, 3.05) is 26.8 Å². The predicted octanol–water partition coefficient (Wildman–Crippen LogP) is 1.86. The van der Waals surface area contributed by atoms with Gasteiger partial charge in [-0.25, -0.2) is 4.98 Å². The third-order valence-electron chi connectivity index (χ3n) is 4.42. The molecule has 6 heteroatoms. The second-order valence-electron chi connectivity index (χ2n) is 5.51. The van der Waals surface area contributed by atoms with Crippen molar-refractivity contribution < 1.29 is 14.3 Å². The van der Waals surface area contributed by atoms with Crippen LogP contribution in [0.25, 0.3) is 0 Å². The number of nitrogens with zero attached hydrogens (tertiary/aromatic N) is 2. The molecule has 0 saturated carbocycles. The molecule has 20 heavy (non-hydrogen) atoms. The number of hydrogen-bond acceptors (Lipinski definition) is 5. The number of hydrogen-bond donors (Lipinski definition) is 0. The molecule has 2 aliphatic heterocycles. The zero-order chi connectivity index (χ0) is 14.2. The lowest BCUT2D eigenvalue weighted by Gasteiger charge is -2.44. The van der Waals surface area contributed by atoms with Gasteiger partial charge in [-0.1, -0.05) is 0 Å². The fraction of sp³-hybridized carbons (Fsp3) is 0.714. The van der Waals surface area contributed by atoms with Crippen molar-refractivity contribution >= 4 is 17.2 Å². The third-order valence-corrected chi connectivity index (χ3v) is 5.34. The number of methoxy groups -OCH3 is 1. The van der Waals surface area contributed by atoms with Gasteiger partial charge in [-0.15, -0.1) is 11.3 Å². The molecule has 1 amide bonds. The standard InChI is InChI=1S/C14H20N2O3S/c1-10-12(20-9-15-10)13(17)16-6-5-14(4-3-7-19-14)11(8-16)18-2/h9,11H,3-8H2,1-2H3/t11-,14-/m0/s1. The maximum absolute atomic E-state index is 12.5. The predicted molar refractivity (Wildman–Crippen MR) is 76.1 cm³/mol. The maximum Gasteiger partial charge on any atom is 0.265 e. The lowest BCUT2D eigenvalue weighted by molar-refractivity contribution is -0.136. The number of piperidine rings is 1.